The molecule has 0 bridgehead atoms. The molecule has 0 atom stereocenters. The normalized spacial score (nSPS) is 13.9. The van der Waals surface area contributed by atoms with Gasteiger partial charge in [-0.25, -0.2) is 9.97 Å². The summed E-state index contributed by atoms with van der Waals surface area (Å²) in [5.41, 5.74) is 2.33. The van der Waals surface area contributed by atoms with Crippen LogP contribution in [-0.4, -0.2) is 41.0 Å². The first-order valence-electron chi connectivity index (χ1n) is 7.70. The number of likely N-dealkylation sites (tertiary alicyclic amines) is 1. The summed E-state index contributed by atoms with van der Waals surface area (Å²) < 4.78 is 5.35. The number of hydrogen-bond acceptors (Lipinski definition) is 5. The summed E-state index contributed by atoms with van der Waals surface area (Å²) in [5, 5.41) is 3.20. The van der Waals surface area contributed by atoms with Crippen LogP contribution in [0.5, 0.6) is 5.75 Å². The van der Waals surface area contributed by atoms with E-state index in [2.05, 4.69) is 15.3 Å². The lowest BCUT2D eigenvalue weighted by Gasteiger charge is -2.15. The first kappa shape index (κ1) is 15.3. The third-order valence-corrected chi connectivity index (χ3v) is 3.90. The quantitative estimate of drug-likeness (QED) is 0.940. The standard InChI is InChI=1S/C17H20N4O2/c1-12-5-6-15(23-2)13(9-12)20-16-10-14(18-11-19-16)17(22)21-7-3-4-8-21/h5-6,9-11H,3-4,7-8H2,1-2H3,(H,18,19,20). The number of aromatic nitrogens is 2. The fourth-order valence-electron chi connectivity index (χ4n) is 2.68. The number of ether oxygens (including phenoxy) is 1. The van der Waals surface area contributed by atoms with Crippen molar-refractivity contribution in [3.8, 4) is 5.75 Å². The van der Waals surface area contributed by atoms with Crippen molar-refractivity contribution < 1.29 is 9.53 Å². The van der Waals surface area contributed by atoms with Crippen molar-refractivity contribution >= 4 is 17.4 Å². The number of carbonyl (C=O) groups is 1. The van der Waals surface area contributed by atoms with Crippen LogP contribution in [0.15, 0.2) is 30.6 Å². The fraction of sp³-hybridized carbons (Fsp3) is 0.353. The minimum atomic E-state index is -0.0378. The summed E-state index contributed by atoms with van der Waals surface area (Å²) in [4.78, 5) is 22.6. The van der Waals surface area contributed by atoms with Crippen molar-refractivity contribution in [3.63, 3.8) is 0 Å². The molecule has 1 aliphatic heterocycles. The van der Waals surface area contributed by atoms with Crippen molar-refractivity contribution in [2.24, 2.45) is 0 Å². The second-order valence-electron chi connectivity index (χ2n) is 5.62. The van der Waals surface area contributed by atoms with Crippen LogP contribution in [0.25, 0.3) is 0 Å². The molecule has 0 aliphatic carbocycles. The van der Waals surface area contributed by atoms with Gasteiger partial charge in [0.1, 0.15) is 23.6 Å². The SMILES string of the molecule is COc1ccc(C)cc1Nc1cc(C(=O)N2CCCC2)ncn1. The van der Waals surface area contributed by atoms with Gasteiger partial charge in [0, 0.05) is 19.2 Å². The molecule has 1 aromatic heterocycles. The maximum atomic E-state index is 12.4. The van der Waals surface area contributed by atoms with E-state index >= 15 is 0 Å². The van der Waals surface area contributed by atoms with Crippen LogP contribution < -0.4 is 10.1 Å². The second-order valence-corrected chi connectivity index (χ2v) is 5.62. The maximum absolute atomic E-state index is 12.4. The Labute approximate surface area is 135 Å². The number of amides is 1. The molecule has 2 aromatic rings. The molecule has 2 heterocycles. The van der Waals surface area contributed by atoms with Crippen LogP contribution in [0, 0.1) is 6.92 Å². The van der Waals surface area contributed by atoms with E-state index < -0.39 is 0 Å². The number of benzene rings is 1. The summed E-state index contributed by atoms with van der Waals surface area (Å²) in [6, 6.07) is 7.53. The Hall–Kier alpha value is -2.63. The number of anilines is 2. The molecule has 1 aromatic carbocycles. The third-order valence-electron chi connectivity index (χ3n) is 3.90. The Morgan fingerprint density at radius 1 is 1.22 bits per heavy atom. The highest BCUT2D eigenvalue weighted by atomic mass is 16.5. The largest absolute Gasteiger partial charge is 0.495 e. The molecule has 0 saturated carbocycles. The van der Waals surface area contributed by atoms with Gasteiger partial charge >= 0.3 is 0 Å². The molecule has 6 heteroatoms. The molecule has 6 nitrogen and oxygen atoms in total. The van der Waals surface area contributed by atoms with E-state index in [-0.39, 0.29) is 5.91 Å². The van der Waals surface area contributed by atoms with E-state index in [9.17, 15) is 4.79 Å². The number of methoxy groups -OCH3 is 1. The lowest BCUT2D eigenvalue weighted by atomic mass is 10.2. The lowest BCUT2D eigenvalue weighted by molar-refractivity contribution is 0.0787. The van der Waals surface area contributed by atoms with Crippen LogP contribution in [0.1, 0.15) is 28.9 Å². The number of nitrogens with one attached hydrogen (secondary N) is 1. The van der Waals surface area contributed by atoms with E-state index in [0.717, 1.165) is 42.9 Å². The summed E-state index contributed by atoms with van der Waals surface area (Å²) in [6.07, 6.45) is 3.53. The number of nitrogens with zero attached hydrogens (tertiary/aromatic N) is 3. The first-order chi connectivity index (χ1) is 11.2. The number of aryl methyl sites for hydroxylation is 1. The van der Waals surface area contributed by atoms with Crippen molar-refractivity contribution in [2.75, 3.05) is 25.5 Å². The molecular formula is C17H20N4O2. The molecule has 120 valence electrons. The van der Waals surface area contributed by atoms with Crippen molar-refractivity contribution in [1.29, 1.82) is 0 Å². The number of carbonyl (C=O) groups excluding carboxylic acids is 1. The summed E-state index contributed by atoms with van der Waals surface area (Å²) >= 11 is 0. The molecular weight excluding hydrogens is 292 g/mol. The van der Waals surface area contributed by atoms with Crippen molar-refractivity contribution in [2.45, 2.75) is 19.8 Å². The van der Waals surface area contributed by atoms with Crippen LogP contribution in [0.4, 0.5) is 11.5 Å². The van der Waals surface area contributed by atoms with Gasteiger partial charge < -0.3 is 15.0 Å². The molecule has 1 amide bonds. The highest BCUT2D eigenvalue weighted by Gasteiger charge is 2.21. The Kier molecular flexibility index (Phi) is 4.41. The van der Waals surface area contributed by atoms with Gasteiger partial charge in [-0.15, -0.1) is 0 Å². The van der Waals surface area contributed by atoms with E-state index in [1.165, 1.54) is 6.33 Å². The average Bonchev–Trinajstić information content (AvgIpc) is 3.09. The molecule has 0 radical (unpaired) electrons. The monoisotopic (exact) mass is 312 g/mol. The zero-order valence-corrected chi connectivity index (χ0v) is 13.4. The first-order valence-corrected chi connectivity index (χ1v) is 7.70. The smallest absolute Gasteiger partial charge is 0.272 e. The highest BCUT2D eigenvalue weighted by molar-refractivity contribution is 5.93. The highest BCUT2D eigenvalue weighted by Crippen LogP contribution is 2.28. The predicted octanol–water partition coefficient (Wildman–Crippen LogP) is 2.77. The van der Waals surface area contributed by atoms with Gasteiger partial charge in [-0.2, -0.15) is 0 Å². The lowest BCUT2D eigenvalue weighted by Crippen LogP contribution is -2.28. The topological polar surface area (TPSA) is 67.3 Å². The molecule has 23 heavy (non-hydrogen) atoms. The molecule has 1 saturated heterocycles. The van der Waals surface area contributed by atoms with Gasteiger partial charge in [-0.1, -0.05) is 6.07 Å². The van der Waals surface area contributed by atoms with E-state index in [1.807, 2.05) is 30.0 Å². The molecule has 3 rings (SSSR count). The van der Waals surface area contributed by atoms with Gasteiger partial charge in [0.2, 0.25) is 0 Å². The van der Waals surface area contributed by atoms with Crippen LogP contribution in [-0.2, 0) is 0 Å². The van der Waals surface area contributed by atoms with Gasteiger partial charge in [0.05, 0.1) is 12.8 Å². The van der Waals surface area contributed by atoms with Crippen LogP contribution in [0.2, 0.25) is 0 Å². The molecule has 1 aliphatic rings. The van der Waals surface area contributed by atoms with Gasteiger partial charge in [0.25, 0.3) is 5.91 Å². The van der Waals surface area contributed by atoms with E-state index in [1.54, 1.807) is 13.2 Å². The van der Waals surface area contributed by atoms with Crippen LogP contribution >= 0.6 is 0 Å². The maximum Gasteiger partial charge on any atom is 0.272 e. The van der Waals surface area contributed by atoms with Crippen molar-refractivity contribution in [3.05, 3.63) is 41.9 Å². The second kappa shape index (κ2) is 6.64. The van der Waals surface area contributed by atoms with Gasteiger partial charge in [0.15, 0.2) is 0 Å². The Morgan fingerprint density at radius 2 is 2.00 bits per heavy atom. The predicted molar refractivity (Wildman–Crippen MR) is 88.2 cm³/mol. The Balaban J connectivity index is 1.83. The third kappa shape index (κ3) is 3.41. The molecule has 1 N–H and O–H groups in total. The zero-order valence-electron chi connectivity index (χ0n) is 13.4. The molecule has 0 unspecified atom stereocenters. The van der Waals surface area contributed by atoms with Gasteiger partial charge in [-0.05, 0) is 37.5 Å². The number of rotatable bonds is 4. The zero-order chi connectivity index (χ0) is 16.2. The summed E-state index contributed by atoms with van der Waals surface area (Å²) in [7, 11) is 1.62. The minimum absolute atomic E-state index is 0.0378. The number of hydrogen-bond donors (Lipinski definition) is 1. The Morgan fingerprint density at radius 3 is 2.74 bits per heavy atom. The fourth-order valence-corrected chi connectivity index (χ4v) is 2.68. The molecule has 1 fully saturated rings. The Bertz CT molecular complexity index is 711. The van der Waals surface area contributed by atoms with Gasteiger partial charge in [-0.3, -0.25) is 4.79 Å². The summed E-state index contributed by atoms with van der Waals surface area (Å²) in [5.74, 6) is 1.26. The van der Waals surface area contributed by atoms with Crippen LogP contribution in [0.3, 0.4) is 0 Å². The summed E-state index contributed by atoms with van der Waals surface area (Å²) in [6.45, 7) is 3.61. The average molecular weight is 312 g/mol. The van der Waals surface area contributed by atoms with Crippen molar-refractivity contribution in [1.82, 2.24) is 14.9 Å². The minimum Gasteiger partial charge on any atom is -0.495 e. The van der Waals surface area contributed by atoms with E-state index in [0.29, 0.717) is 11.5 Å². The van der Waals surface area contributed by atoms with E-state index in [4.69, 9.17) is 4.74 Å². The molecule has 0 spiro atoms.